The summed E-state index contributed by atoms with van der Waals surface area (Å²) in [5.41, 5.74) is 6.77. The number of rotatable bonds is 3. The zero-order valence-corrected chi connectivity index (χ0v) is 10.7. The van der Waals surface area contributed by atoms with Crippen molar-refractivity contribution >= 4 is 12.1 Å². The van der Waals surface area contributed by atoms with E-state index in [1.807, 2.05) is 66.0 Å². The van der Waals surface area contributed by atoms with Crippen LogP contribution in [0, 0.1) is 0 Å². The lowest BCUT2D eigenvalue weighted by atomic mass is 9.99. The highest BCUT2D eigenvalue weighted by atomic mass is 16.2. The third-order valence-corrected chi connectivity index (χ3v) is 2.78. The Kier molecular flexibility index (Phi) is 4.34. The number of benzene rings is 2. The summed E-state index contributed by atoms with van der Waals surface area (Å²) in [5, 5.41) is 4.73. The molecule has 0 saturated heterocycles. The van der Waals surface area contributed by atoms with Crippen molar-refractivity contribution in [2.75, 3.05) is 0 Å². The van der Waals surface area contributed by atoms with Crippen molar-refractivity contribution in [3.05, 3.63) is 71.8 Å². The predicted molar refractivity (Wildman–Crippen MR) is 76.0 cm³/mol. The molecule has 2 rings (SSSR count). The lowest BCUT2D eigenvalue weighted by Gasteiger charge is -2.19. The highest BCUT2D eigenvalue weighted by molar-refractivity contribution is 5.92. The zero-order valence-electron chi connectivity index (χ0n) is 10.7. The van der Waals surface area contributed by atoms with Crippen LogP contribution in [-0.2, 0) is 0 Å². The quantitative estimate of drug-likeness (QED) is 0.797. The van der Waals surface area contributed by atoms with Gasteiger partial charge in [0.1, 0.15) is 0 Å². The topological polar surface area (TPSA) is 84.2 Å². The molecule has 0 aromatic heterocycles. The van der Waals surface area contributed by atoms with E-state index in [1.54, 1.807) is 0 Å². The van der Waals surface area contributed by atoms with Gasteiger partial charge in [0.05, 0.1) is 6.04 Å². The van der Waals surface area contributed by atoms with Crippen molar-refractivity contribution < 1.29 is 9.59 Å². The van der Waals surface area contributed by atoms with Gasteiger partial charge in [-0.25, -0.2) is 9.59 Å². The second-order valence-electron chi connectivity index (χ2n) is 4.22. The Labute approximate surface area is 116 Å². The number of urea groups is 2. The normalized spacial score (nSPS) is 10.1. The van der Waals surface area contributed by atoms with E-state index < -0.39 is 12.1 Å². The molecule has 0 spiro atoms. The molecule has 0 saturated carbocycles. The van der Waals surface area contributed by atoms with Crippen molar-refractivity contribution in [2.24, 2.45) is 5.73 Å². The Morgan fingerprint density at radius 3 is 1.70 bits per heavy atom. The van der Waals surface area contributed by atoms with Crippen LogP contribution in [0.15, 0.2) is 60.7 Å². The molecule has 0 fully saturated rings. The van der Waals surface area contributed by atoms with Gasteiger partial charge < -0.3 is 11.1 Å². The molecule has 4 amide bonds. The number of carbonyl (C=O) groups is 2. The molecular weight excluding hydrogens is 254 g/mol. The highest BCUT2D eigenvalue weighted by Crippen LogP contribution is 2.21. The van der Waals surface area contributed by atoms with E-state index in [2.05, 4.69) is 5.32 Å². The van der Waals surface area contributed by atoms with Gasteiger partial charge in [-0.2, -0.15) is 0 Å². The Morgan fingerprint density at radius 1 is 0.850 bits per heavy atom. The molecular formula is C15H15N3O2. The van der Waals surface area contributed by atoms with Crippen LogP contribution in [0.25, 0.3) is 0 Å². The van der Waals surface area contributed by atoms with Crippen molar-refractivity contribution in [1.29, 1.82) is 0 Å². The molecule has 102 valence electrons. The van der Waals surface area contributed by atoms with Crippen molar-refractivity contribution in [3.63, 3.8) is 0 Å². The first-order valence-corrected chi connectivity index (χ1v) is 6.13. The minimum Gasteiger partial charge on any atom is -0.351 e. The van der Waals surface area contributed by atoms with Crippen molar-refractivity contribution in [1.82, 2.24) is 10.6 Å². The molecule has 20 heavy (non-hydrogen) atoms. The maximum absolute atomic E-state index is 11.7. The van der Waals surface area contributed by atoms with Crippen LogP contribution in [0.1, 0.15) is 17.2 Å². The molecule has 0 radical (unpaired) electrons. The largest absolute Gasteiger partial charge is 0.351 e. The van der Waals surface area contributed by atoms with Gasteiger partial charge in [0.25, 0.3) is 0 Å². The van der Waals surface area contributed by atoms with Crippen molar-refractivity contribution in [2.45, 2.75) is 6.04 Å². The minimum atomic E-state index is -0.887. The van der Waals surface area contributed by atoms with E-state index in [0.29, 0.717) is 0 Å². The van der Waals surface area contributed by atoms with Crippen LogP contribution >= 0.6 is 0 Å². The summed E-state index contributed by atoms with van der Waals surface area (Å²) in [4.78, 5) is 22.4. The Bertz CT molecular complexity index is 545. The number of hydrogen-bond donors (Lipinski definition) is 3. The van der Waals surface area contributed by atoms with Crippen molar-refractivity contribution in [3.8, 4) is 0 Å². The van der Waals surface area contributed by atoms with Crippen LogP contribution in [0.2, 0.25) is 0 Å². The van der Waals surface area contributed by atoms with Gasteiger partial charge in [0.2, 0.25) is 0 Å². The lowest BCUT2D eigenvalue weighted by Crippen LogP contribution is -2.43. The van der Waals surface area contributed by atoms with Gasteiger partial charge in [-0.15, -0.1) is 0 Å². The van der Waals surface area contributed by atoms with E-state index in [-0.39, 0.29) is 6.04 Å². The van der Waals surface area contributed by atoms with Gasteiger partial charge in [-0.3, -0.25) is 5.32 Å². The molecule has 0 aliphatic heterocycles. The number of primary amides is 1. The molecule has 2 aromatic rings. The van der Waals surface area contributed by atoms with E-state index in [9.17, 15) is 9.59 Å². The molecule has 5 nitrogen and oxygen atoms in total. The molecule has 0 aliphatic carbocycles. The number of imide groups is 1. The number of nitrogens with one attached hydrogen (secondary N) is 2. The fourth-order valence-corrected chi connectivity index (χ4v) is 1.93. The second-order valence-corrected chi connectivity index (χ2v) is 4.22. The number of carbonyl (C=O) groups excluding carboxylic acids is 2. The summed E-state index contributed by atoms with van der Waals surface area (Å²) in [6.45, 7) is 0. The average molecular weight is 269 g/mol. The van der Waals surface area contributed by atoms with Gasteiger partial charge >= 0.3 is 12.1 Å². The molecule has 2 aromatic carbocycles. The highest BCUT2D eigenvalue weighted by Gasteiger charge is 2.16. The third kappa shape index (κ3) is 3.58. The molecule has 0 atom stereocenters. The van der Waals surface area contributed by atoms with Crippen LogP contribution < -0.4 is 16.4 Å². The van der Waals surface area contributed by atoms with E-state index in [4.69, 9.17) is 5.73 Å². The first kappa shape index (κ1) is 13.6. The number of nitrogens with two attached hydrogens (primary N) is 1. The molecule has 0 aliphatic rings. The Hall–Kier alpha value is -2.82. The summed E-state index contributed by atoms with van der Waals surface area (Å²) in [6.07, 6.45) is 0. The Balaban J connectivity index is 2.26. The molecule has 0 heterocycles. The van der Waals surface area contributed by atoms with E-state index in [1.165, 1.54) is 0 Å². The number of hydrogen-bond acceptors (Lipinski definition) is 2. The van der Waals surface area contributed by atoms with Crippen LogP contribution in [-0.4, -0.2) is 12.1 Å². The van der Waals surface area contributed by atoms with Gasteiger partial charge in [0.15, 0.2) is 0 Å². The maximum Gasteiger partial charge on any atom is 0.323 e. The summed E-state index contributed by atoms with van der Waals surface area (Å²) in [7, 11) is 0. The summed E-state index contributed by atoms with van der Waals surface area (Å²) in [6, 6.07) is 17.1. The summed E-state index contributed by atoms with van der Waals surface area (Å²) >= 11 is 0. The standard InChI is InChI=1S/C15H15N3O2/c16-14(19)18-15(20)17-13(11-7-3-1-4-8-11)12-9-5-2-6-10-12/h1-10,13H,(H4,16,17,18,19,20). The fraction of sp³-hybridized carbons (Fsp3) is 0.0667. The molecule has 0 bridgehead atoms. The van der Waals surface area contributed by atoms with Crippen LogP contribution in [0.3, 0.4) is 0 Å². The molecule has 4 N–H and O–H groups in total. The lowest BCUT2D eigenvalue weighted by molar-refractivity contribution is 0.230. The van der Waals surface area contributed by atoms with E-state index >= 15 is 0 Å². The Morgan fingerprint density at radius 2 is 1.30 bits per heavy atom. The van der Waals surface area contributed by atoms with Gasteiger partial charge in [-0.1, -0.05) is 60.7 Å². The SMILES string of the molecule is NC(=O)NC(=O)NC(c1ccccc1)c1ccccc1. The van der Waals surface area contributed by atoms with Gasteiger partial charge in [-0.05, 0) is 11.1 Å². The smallest absolute Gasteiger partial charge is 0.323 e. The number of amides is 4. The minimum absolute atomic E-state index is 0.350. The average Bonchev–Trinajstić information content (AvgIpc) is 2.46. The molecule has 0 unspecified atom stereocenters. The fourth-order valence-electron chi connectivity index (χ4n) is 1.93. The monoisotopic (exact) mass is 269 g/mol. The molecule has 5 heteroatoms. The first-order valence-electron chi connectivity index (χ1n) is 6.13. The maximum atomic E-state index is 11.7. The first-order chi connectivity index (χ1) is 9.66. The predicted octanol–water partition coefficient (Wildman–Crippen LogP) is 2.15. The second kappa shape index (κ2) is 6.38. The summed E-state index contributed by atoms with van der Waals surface area (Å²) in [5.74, 6) is 0. The summed E-state index contributed by atoms with van der Waals surface area (Å²) < 4.78 is 0. The van der Waals surface area contributed by atoms with E-state index in [0.717, 1.165) is 11.1 Å². The van der Waals surface area contributed by atoms with Crippen LogP contribution in [0.5, 0.6) is 0 Å². The van der Waals surface area contributed by atoms with Crippen LogP contribution in [0.4, 0.5) is 9.59 Å². The zero-order chi connectivity index (χ0) is 14.4. The third-order valence-electron chi connectivity index (χ3n) is 2.78. The van der Waals surface area contributed by atoms with Gasteiger partial charge in [0, 0.05) is 0 Å².